The molecular weight excluding hydrogens is 354 g/mol. The molecule has 7 heteroatoms. The molecule has 28 heavy (non-hydrogen) atoms. The molecule has 0 saturated heterocycles. The van der Waals surface area contributed by atoms with Gasteiger partial charge >= 0.3 is 0 Å². The molecule has 0 saturated carbocycles. The van der Waals surface area contributed by atoms with E-state index in [1.165, 1.54) is 10.5 Å². The second-order valence-electron chi connectivity index (χ2n) is 6.42. The van der Waals surface area contributed by atoms with Gasteiger partial charge < -0.3 is 9.88 Å². The van der Waals surface area contributed by atoms with Gasteiger partial charge in [0.15, 0.2) is 0 Å². The summed E-state index contributed by atoms with van der Waals surface area (Å²) in [5, 5.41) is 11.6. The lowest BCUT2D eigenvalue weighted by molar-refractivity contribution is 0.0953. The molecule has 0 atom stereocenters. The van der Waals surface area contributed by atoms with Crippen LogP contribution in [0.15, 0.2) is 65.6 Å². The first kappa shape index (κ1) is 17.7. The van der Waals surface area contributed by atoms with Gasteiger partial charge in [-0.25, -0.2) is 4.98 Å². The van der Waals surface area contributed by atoms with Gasteiger partial charge in [-0.2, -0.15) is 0 Å². The third-order valence-electron chi connectivity index (χ3n) is 4.58. The number of hydrogen-bond donors (Lipinski definition) is 2. The van der Waals surface area contributed by atoms with Crippen molar-refractivity contribution in [2.75, 3.05) is 6.54 Å². The van der Waals surface area contributed by atoms with E-state index in [1.807, 2.05) is 37.3 Å². The van der Waals surface area contributed by atoms with Crippen molar-refractivity contribution in [1.82, 2.24) is 19.3 Å². The molecular formula is C21H19N5O2. The number of nitrogens with zero attached hydrogens (tertiary/aromatic N) is 3. The Hall–Kier alpha value is -3.74. The first-order valence-corrected chi connectivity index (χ1v) is 9.02. The Balaban J connectivity index is 2.08. The molecule has 0 radical (unpaired) electrons. The average Bonchev–Trinajstić information content (AvgIpc) is 2.71. The number of benzene rings is 1. The smallest absolute Gasteiger partial charge is 0.267 e. The highest BCUT2D eigenvalue weighted by Crippen LogP contribution is 2.12. The summed E-state index contributed by atoms with van der Waals surface area (Å²) in [5.74, 6) is -0.381. The van der Waals surface area contributed by atoms with Gasteiger partial charge in [0.2, 0.25) is 0 Å². The van der Waals surface area contributed by atoms with E-state index >= 15 is 0 Å². The van der Waals surface area contributed by atoms with Crippen LogP contribution in [0, 0.1) is 5.41 Å². The zero-order valence-electron chi connectivity index (χ0n) is 15.3. The van der Waals surface area contributed by atoms with Crippen molar-refractivity contribution >= 4 is 22.6 Å². The number of aromatic nitrogens is 3. The fourth-order valence-corrected chi connectivity index (χ4v) is 3.24. The van der Waals surface area contributed by atoms with Crippen molar-refractivity contribution < 1.29 is 4.79 Å². The SMILES string of the molecule is CCNC(=O)c1cc2c(=O)n3ccccc3nc2n(Cc2ccccc2)c1=N. The Morgan fingerprint density at radius 2 is 1.89 bits per heavy atom. The molecule has 0 aliphatic heterocycles. The Bertz CT molecular complexity index is 1310. The van der Waals surface area contributed by atoms with E-state index in [0.29, 0.717) is 29.8 Å². The lowest BCUT2D eigenvalue weighted by Crippen LogP contribution is -2.35. The van der Waals surface area contributed by atoms with Crippen LogP contribution in [-0.2, 0) is 6.54 Å². The second kappa shape index (κ2) is 7.11. The minimum absolute atomic E-state index is 0.0227. The van der Waals surface area contributed by atoms with Crippen LogP contribution in [0.1, 0.15) is 22.8 Å². The maximum atomic E-state index is 13.1. The third kappa shape index (κ3) is 2.96. The molecule has 7 nitrogen and oxygen atoms in total. The number of fused-ring (bicyclic) bond motifs is 2. The van der Waals surface area contributed by atoms with Crippen LogP contribution in [-0.4, -0.2) is 26.4 Å². The van der Waals surface area contributed by atoms with E-state index in [1.54, 1.807) is 29.0 Å². The summed E-state index contributed by atoms with van der Waals surface area (Å²) in [6, 6.07) is 16.4. The predicted molar refractivity (Wildman–Crippen MR) is 106 cm³/mol. The first-order chi connectivity index (χ1) is 13.6. The molecule has 4 aromatic rings. The zero-order valence-corrected chi connectivity index (χ0v) is 15.3. The summed E-state index contributed by atoms with van der Waals surface area (Å²) < 4.78 is 3.06. The van der Waals surface area contributed by atoms with Crippen LogP contribution in [0.3, 0.4) is 0 Å². The predicted octanol–water partition coefficient (Wildman–Crippen LogP) is 1.93. The number of carbonyl (C=O) groups is 1. The fourth-order valence-electron chi connectivity index (χ4n) is 3.24. The van der Waals surface area contributed by atoms with Crippen LogP contribution in [0.2, 0.25) is 0 Å². The topological polar surface area (TPSA) is 92.2 Å². The lowest BCUT2D eigenvalue weighted by atomic mass is 10.1. The highest BCUT2D eigenvalue weighted by Gasteiger charge is 2.17. The molecule has 0 aliphatic carbocycles. The first-order valence-electron chi connectivity index (χ1n) is 9.02. The summed E-state index contributed by atoms with van der Waals surface area (Å²) in [4.78, 5) is 30.2. The van der Waals surface area contributed by atoms with E-state index in [9.17, 15) is 9.59 Å². The molecule has 0 spiro atoms. The maximum absolute atomic E-state index is 13.1. The monoisotopic (exact) mass is 373 g/mol. The Labute approximate surface area is 160 Å². The van der Waals surface area contributed by atoms with E-state index in [-0.39, 0.29) is 22.5 Å². The molecule has 3 heterocycles. The fraction of sp³-hybridized carbons (Fsp3) is 0.143. The molecule has 4 rings (SSSR count). The minimum Gasteiger partial charge on any atom is -0.352 e. The molecule has 1 amide bonds. The van der Waals surface area contributed by atoms with Gasteiger partial charge in [-0.1, -0.05) is 36.4 Å². The Morgan fingerprint density at radius 3 is 2.64 bits per heavy atom. The minimum atomic E-state index is -0.381. The van der Waals surface area contributed by atoms with E-state index in [2.05, 4.69) is 10.3 Å². The van der Waals surface area contributed by atoms with Crippen molar-refractivity contribution in [3.8, 4) is 0 Å². The van der Waals surface area contributed by atoms with Crippen LogP contribution in [0.5, 0.6) is 0 Å². The number of nitrogens with one attached hydrogen (secondary N) is 2. The molecule has 0 fully saturated rings. The average molecular weight is 373 g/mol. The van der Waals surface area contributed by atoms with Crippen LogP contribution >= 0.6 is 0 Å². The van der Waals surface area contributed by atoms with Gasteiger partial charge in [-0.3, -0.25) is 19.4 Å². The van der Waals surface area contributed by atoms with Crippen LogP contribution < -0.4 is 16.4 Å². The third-order valence-corrected chi connectivity index (χ3v) is 4.58. The molecule has 3 aromatic heterocycles. The standard InChI is InChI=1S/C21H19N5O2/c1-2-23-20(27)15-12-16-19(24-17-10-6-7-11-25(17)21(16)28)26(18(15)22)13-14-8-4-3-5-9-14/h3-12,22H,2,13H2,1H3,(H,23,27). The van der Waals surface area contributed by atoms with Gasteiger partial charge in [0.25, 0.3) is 11.5 Å². The normalized spacial score (nSPS) is 11.0. The van der Waals surface area contributed by atoms with Crippen molar-refractivity contribution in [3.63, 3.8) is 0 Å². The van der Waals surface area contributed by atoms with Crippen molar-refractivity contribution in [2.24, 2.45) is 0 Å². The highest BCUT2D eigenvalue weighted by molar-refractivity contribution is 5.96. The zero-order chi connectivity index (χ0) is 19.7. The number of pyridine rings is 2. The summed E-state index contributed by atoms with van der Waals surface area (Å²) in [6.45, 7) is 2.58. The number of hydrogen-bond acceptors (Lipinski definition) is 4. The summed E-state index contributed by atoms with van der Waals surface area (Å²) in [6.07, 6.45) is 1.64. The number of amides is 1. The molecule has 0 bridgehead atoms. The number of carbonyl (C=O) groups excluding carboxylic acids is 1. The van der Waals surface area contributed by atoms with Gasteiger partial charge in [-0.15, -0.1) is 0 Å². The van der Waals surface area contributed by atoms with Gasteiger partial charge in [0.05, 0.1) is 17.5 Å². The molecule has 0 unspecified atom stereocenters. The van der Waals surface area contributed by atoms with Crippen molar-refractivity contribution in [3.05, 3.63) is 87.8 Å². The Kier molecular flexibility index (Phi) is 4.49. The van der Waals surface area contributed by atoms with E-state index < -0.39 is 0 Å². The summed E-state index contributed by atoms with van der Waals surface area (Å²) in [7, 11) is 0. The summed E-state index contributed by atoms with van der Waals surface area (Å²) >= 11 is 0. The van der Waals surface area contributed by atoms with Crippen LogP contribution in [0.4, 0.5) is 0 Å². The Morgan fingerprint density at radius 1 is 1.14 bits per heavy atom. The highest BCUT2D eigenvalue weighted by atomic mass is 16.1. The number of rotatable bonds is 4. The second-order valence-corrected chi connectivity index (χ2v) is 6.42. The van der Waals surface area contributed by atoms with Crippen molar-refractivity contribution in [1.29, 1.82) is 5.41 Å². The largest absolute Gasteiger partial charge is 0.352 e. The van der Waals surface area contributed by atoms with E-state index in [0.717, 1.165) is 5.56 Å². The molecule has 140 valence electrons. The molecule has 1 aromatic carbocycles. The maximum Gasteiger partial charge on any atom is 0.267 e. The van der Waals surface area contributed by atoms with Gasteiger partial charge in [0, 0.05) is 12.7 Å². The van der Waals surface area contributed by atoms with Crippen molar-refractivity contribution in [2.45, 2.75) is 13.5 Å². The molecule has 0 aliphatic rings. The van der Waals surface area contributed by atoms with Gasteiger partial charge in [0.1, 0.15) is 16.8 Å². The lowest BCUT2D eigenvalue weighted by Gasteiger charge is -2.14. The molecule has 2 N–H and O–H groups in total. The summed E-state index contributed by atoms with van der Waals surface area (Å²) in [5.41, 5.74) is 1.73. The quantitative estimate of drug-likeness (QED) is 0.536. The van der Waals surface area contributed by atoms with Gasteiger partial charge in [-0.05, 0) is 30.7 Å². The van der Waals surface area contributed by atoms with Crippen LogP contribution in [0.25, 0.3) is 16.7 Å². The van der Waals surface area contributed by atoms with E-state index in [4.69, 9.17) is 5.41 Å².